The fourth-order valence-electron chi connectivity index (χ4n) is 2.94. The molecule has 1 aliphatic heterocycles. The number of likely N-dealkylation sites (N-methyl/N-ethyl adjacent to an activating group) is 1. The van der Waals surface area contributed by atoms with Crippen molar-refractivity contribution in [2.75, 3.05) is 39.9 Å². The van der Waals surface area contributed by atoms with Crippen LogP contribution in [0.5, 0.6) is 0 Å². The van der Waals surface area contributed by atoms with Gasteiger partial charge in [-0.15, -0.1) is 0 Å². The summed E-state index contributed by atoms with van der Waals surface area (Å²) in [7, 11) is 2.10. The zero-order chi connectivity index (χ0) is 13.0. The number of rotatable bonds is 3. The predicted octanol–water partition coefficient (Wildman–Crippen LogP) is 1.36. The molecule has 0 spiro atoms. The number of hydrogen-bond donors (Lipinski definition) is 0. The van der Waals surface area contributed by atoms with E-state index in [1.165, 1.54) is 25.7 Å². The summed E-state index contributed by atoms with van der Waals surface area (Å²) in [6, 6.07) is 0.603. The SMILES string of the molecule is CC1CCC(N(C)CC(=O)N2CCOCC2)CC1. The van der Waals surface area contributed by atoms with Crippen LogP contribution in [-0.4, -0.2) is 61.6 Å². The van der Waals surface area contributed by atoms with Gasteiger partial charge in [-0.1, -0.05) is 6.92 Å². The number of morpholine rings is 1. The lowest BCUT2D eigenvalue weighted by Crippen LogP contribution is -2.47. The predicted molar refractivity (Wildman–Crippen MR) is 71.4 cm³/mol. The van der Waals surface area contributed by atoms with Gasteiger partial charge in [0.25, 0.3) is 0 Å². The van der Waals surface area contributed by atoms with Crippen molar-refractivity contribution in [1.82, 2.24) is 9.80 Å². The lowest BCUT2D eigenvalue weighted by molar-refractivity contribution is -0.136. The van der Waals surface area contributed by atoms with Crippen molar-refractivity contribution < 1.29 is 9.53 Å². The summed E-state index contributed by atoms with van der Waals surface area (Å²) in [6.45, 7) is 5.80. The van der Waals surface area contributed by atoms with Gasteiger partial charge >= 0.3 is 0 Å². The van der Waals surface area contributed by atoms with Crippen LogP contribution < -0.4 is 0 Å². The third-order valence-electron chi connectivity index (χ3n) is 4.36. The van der Waals surface area contributed by atoms with E-state index in [0.717, 1.165) is 19.0 Å². The van der Waals surface area contributed by atoms with Crippen molar-refractivity contribution in [2.45, 2.75) is 38.6 Å². The van der Waals surface area contributed by atoms with E-state index >= 15 is 0 Å². The number of hydrogen-bond acceptors (Lipinski definition) is 3. The highest BCUT2D eigenvalue weighted by molar-refractivity contribution is 5.78. The zero-order valence-corrected chi connectivity index (χ0v) is 11.7. The van der Waals surface area contributed by atoms with Gasteiger partial charge in [0.1, 0.15) is 0 Å². The Balaban J connectivity index is 1.75. The molecule has 0 aromatic carbocycles. The van der Waals surface area contributed by atoms with Gasteiger partial charge in [-0.05, 0) is 38.6 Å². The summed E-state index contributed by atoms with van der Waals surface area (Å²) in [6.07, 6.45) is 5.10. The minimum atomic E-state index is 0.263. The van der Waals surface area contributed by atoms with Gasteiger partial charge in [-0.25, -0.2) is 0 Å². The molecule has 0 aromatic heterocycles. The van der Waals surface area contributed by atoms with E-state index in [2.05, 4.69) is 18.9 Å². The molecule has 4 nitrogen and oxygen atoms in total. The van der Waals surface area contributed by atoms with Gasteiger partial charge in [0.05, 0.1) is 19.8 Å². The molecule has 1 saturated heterocycles. The van der Waals surface area contributed by atoms with Crippen molar-refractivity contribution in [3.63, 3.8) is 0 Å². The Morgan fingerprint density at radius 3 is 2.44 bits per heavy atom. The van der Waals surface area contributed by atoms with Gasteiger partial charge in [0, 0.05) is 19.1 Å². The molecule has 0 atom stereocenters. The molecule has 4 heteroatoms. The van der Waals surface area contributed by atoms with Crippen LogP contribution in [0.25, 0.3) is 0 Å². The first kappa shape index (κ1) is 13.8. The first-order valence-electron chi connectivity index (χ1n) is 7.22. The molecule has 1 saturated carbocycles. The van der Waals surface area contributed by atoms with Crippen LogP contribution in [0.1, 0.15) is 32.6 Å². The Labute approximate surface area is 110 Å². The molecule has 0 radical (unpaired) electrons. The molecule has 1 aliphatic carbocycles. The largest absolute Gasteiger partial charge is 0.378 e. The number of nitrogens with zero attached hydrogens (tertiary/aromatic N) is 2. The maximum absolute atomic E-state index is 12.1. The molecule has 1 amide bonds. The lowest BCUT2D eigenvalue weighted by Gasteiger charge is -2.35. The quantitative estimate of drug-likeness (QED) is 0.762. The Morgan fingerprint density at radius 1 is 1.22 bits per heavy atom. The van der Waals surface area contributed by atoms with Crippen molar-refractivity contribution in [1.29, 1.82) is 0 Å². The summed E-state index contributed by atoms with van der Waals surface area (Å²) in [4.78, 5) is 16.3. The number of amides is 1. The molecule has 0 bridgehead atoms. The summed E-state index contributed by atoms with van der Waals surface area (Å²) < 4.78 is 5.28. The van der Waals surface area contributed by atoms with E-state index < -0.39 is 0 Å². The molecule has 2 rings (SSSR count). The van der Waals surface area contributed by atoms with Gasteiger partial charge in [-0.2, -0.15) is 0 Å². The van der Waals surface area contributed by atoms with Crippen LogP contribution >= 0.6 is 0 Å². The van der Waals surface area contributed by atoms with E-state index in [1.807, 2.05) is 4.90 Å². The van der Waals surface area contributed by atoms with Crippen molar-refractivity contribution >= 4 is 5.91 Å². The molecule has 104 valence electrons. The van der Waals surface area contributed by atoms with Crippen LogP contribution in [-0.2, 0) is 9.53 Å². The van der Waals surface area contributed by atoms with Crippen LogP contribution in [0, 0.1) is 5.92 Å². The lowest BCUT2D eigenvalue weighted by atomic mass is 9.87. The normalized spacial score (nSPS) is 29.6. The second kappa shape index (κ2) is 6.53. The fourth-order valence-corrected chi connectivity index (χ4v) is 2.94. The number of carbonyl (C=O) groups is 1. The molecular weight excluding hydrogens is 228 g/mol. The fraction of sp³-hybridized carbons (Fsp3) is 0.929. The molecule has 1 heterocycles. The third kappa shape index (κ3) is 3.69. The molecular formula is C14H26N2O2. The van der Waals surface area contributed by atoms with Crippen LogP contribution in [0.4, 0.5) is 0 Å². The van der Waals surface area contributed by atoms with Gasteiger partial charge < -0.3 is 9.64 Å². The van der Waals surface area contributed by atoms with Crippen molar-refractivity contribution in [2.24, 2.45) is 5.92 Å². The van der Waals surface area contributed by atoms with Crippen LogP contribution in [0.3, 0.4) is 0 Å². The summed E-state index contributed by atoms with van der Waals surface area (Å²) >= 11 is 0. The Kier molecular flexibility index (Phi) is 5.01. The monoisotopic (exact) mass is 254 g/mol. The first-order valence-corrected chi connectivity index (χ1v) is 7.22. The Morgan fingerprint density at radius 2 is 1.83 bits per heavy atom. The molecule has 2 aliphatic rings. The average molecular weight is 254 g/mol. The second-order valence-corrected chi connectivity index (χ2v) is 5.82. The molecule has 0 unspecified atom stereocenters. The van der Waals surface area contributed by atoms with Crippen LogP contribution in [0.2, 0.25) is 0 Å². The molecule has 2 fully saturated rings. The third-order valence-corrected chi connectivity index (χ3v) is 4.36. The topological polar surface area (TPSA) is 32.8 Å². The van der Waals surface area contributed by atoms with Crippen molar-refractivity contribution in [3.8, 4) is 0 Å². The highest BCUT2D eigenvalue weighted by Crippen LogP contribution is 2.26. The molecule has 18 heavy (non-hydrogen) atoms. The average Bonchev–Trinajstić information content (AvgIpc) is 2.40. The highest BCUT2D eigenvalue weighted by Gasteiger charge is 2.25. The van der Waals surface area contributed by atoms with E-state index in [0.29, 0.717) is 25.8 Å². The van der Waals surface area contributed by atoms with Crippen LogP contribution in [0.15, 0.2) is 0 Å². The first-order chi connectivity index (χ1) is 8.66. The minimum absolute atomic E-state index is 0.263. The molecule has 0 aromatic rings. The van der Waals surface area contributed by atoms with E-state index in [-0.39, 0.29) is 5.91 Å². The van der Waals surface area contributed by atoms with Crippen molar-refractivity contribution in [3.05, 3.63) is 0 Å². The standard InChI is InChI=1S/C14H26N2O2/c1-12-3-5-13(6-4-12)15(2)11-14(17)16-7-9-18-10-8-16/h12-13H,3-11H2,1-2H3. The van der Waals surface area contributed by atoms with E-state index in [1.54, 1.807) is 0 Å². The Hall–Kier alpha value is -0.610. The van der Waals surface area contributed by atoms with E-state index in [9.17, 15) is 4.79 Å². The van der Waals surface area contributed by atoms with Gasteiger partial charge in [0.2, 0.25) is 5.91 Å². The maximum Gasteiger partial charge on any atom is 0.236 e. The summed E-state index contributed by atoms with van der Waals surface area (Å²) in [5.74, 6) is 1.13. The summed E-state index contributed by atoms with van der Waals surface area (Å²) in [5.41, 5.74) is 0. The van der Waals surface area contributed by atoms with Gasteiger partial charge in [-0.3, -0.25) is 9.69 Å². The summed E-state index contributed by atoms with van der Waals surface area (Å²) in [5, 5.41) is 0. The number of carbonyl (C=O) groups excluding carboxylic acids is 1. The second-order valence-electron chi connectivity index (χ2n) is 5.82. The Bertz CT molecular complexity index is 269. The highest BCUT2D eigenvalue weighted by atomic mass is 16.5. The number of ether oxygens (including phenoxy) is 1. The maximum atomic E-state index is 12.1. The molecule has 0 N–H and O–H groups in total. The van der Waals surface area contributed by atoms with Gasteiger partial charge in [0.15, 0.2) is 0 Å². The zero-order valence-electron chi connectivity index (χ0n) is 11.7. The smallest absolute Gasteiger partial charge is 0.236 e. The van der Waals surface area contributed by atoms with E-state index in [4.69, 9.17) is 4.74 Å². The minimum Gasteiger partial charge on any atom is -0.378 e.